The third-order valence-corrected chi connectivity index (χ3v) is 3.84. The lowest BCUT2D eigenvalue weighted by molar-refractivity contribution is 0.109. The molecule has 0 aliphatic heterocycles. The molecule has 2 atom stereocenters. The van der Waals surface area contributed by atoms with Crippen molar-refractivity contribution in [3.05, 3.63) is 23.7 Å². The summed E-state index contributed by atoms with van der Waals surface area (Å²) in [5.41, 5.74) is 0.102. The second-order valence-corrected chi connectivity index (χ2v) is 5.11. The Kier molecular flexibility index (Phi) is 1.94. The van der Waals surface area contributed by atoms with Gasteiger partial charge in [0, 0.05) is 5.92 Å². The molecule has 0 aromatic carbocycles. The van der Waals surface area contributed by atoms with Crippen LogP contribution in [0.5, 0.6) is 0 Å². The summed E-state index contributed by atoms with van der Waals surface area (Å²) in [5.74, 6) is 8.83. The van der Waals surface area contributed by atoms with Crippen LogP contribution in [-0.4, -0.2) is 6.61 Å². The zero-order valence-electron chi connectivity index (χ0n) is 9.03. The first-order valence-electron chi connectivity index (χ1n) is 5.67. The topological polar surface area (TPSA) is 48.4 Å². The van der Waals surface area contributed by atoms with E-state index in [0.717, 1.165) is 30.3 Å². The fourth-order valence-corrected chi connectivity index (χ4v) is 2.33. The molecular formula is C12H17NO2. The highest BCUT2D eigenvalue weighted by atomic mass is 16.6. The largest absolute Gasteiger partial charge is 0.465 e. The van der Waals surface area contributed by atoms with Gasteiger partial charge in [-0.15, -0.1) is 0 Å². The molecule has 1 heterocycles. The molecular weight excluding hydrogens is 190 g/mol. The first-order chi connectivity index (χ1) is 7.25. The maximum Gasteiger partial charge on any atom is 0.112 e. The smallest absolute Gasteiger partial charge is 0.112 e. The van der Waals surface area contributed by atoms with E-state index >= 15 is 0 Å². The molecule has 0 saturated heterocycles. The summed E-state index contributed by atoms with van der Waals surface area (Å²) in [6.45, 7) is 2.85. The van der Waals surface area contributed by atoms with Crippen LogP contribution < -0.4 is 5.90 Å². The lowest BCUT2D eigenvalue weighted by Crippen LogP contribution is -2.17. The summed E-state index contributed by atoms with van der Waals surface area (Å²) in [6, 6.07) is 4.23. The summed E-state index contributed by atoms with van der Waals surface area (Å²) in [6.07, 6.45) is 3.54. The first-order valence-corrected chi connectivity index (χ1v) is 5.67. The second-order valence-electron chi connectivity index (χ2n) is 5.11. The summed E-state index contributed by atoms with van der Waals surface area (Å²) < 4.78 is 5.92. The zero-order chi connectivity index (χ0) is 10.5. The minimum Gasteiger partial charge on any atom is -0.465 e. The highest BCUT2D eigenvalue weighted by molar-refractivity contribution is 5.27. The number of nitrogens with two attached hydrogens (primary N) is 1. The van der Waals surface area contributed by atoms with Crippen LogP contribution in [0, 0.1) is 5.92 Å². The summed E-state index contributed by atoms with van der Waals surface area (Å²) >= 11 is 0. The van der Waals surface area contributed by atoms with Crippen molar-refractivity contribution in [2.75, 3.05) is 6.61 Å². The molecule has 1 aromatic rings. The molecule has 2 unspecified atom stereocenters. The Balaban J connectivity index is 1.78. The van der Waals surface area contributed by atoms with Crippen molar-refractivity contribution in [1.82, 2.24) is 0 Å². The van der Waals surface area contributed by atoms with Crippen LogP contribution in [0.1, 0.15) is 43.6 Å². The zero-order valence-corrected chi connectivity index (χ0v) is 9.03. The van der Waals surface area contributed by atoms with Crippen molar-refractivity contribution < 1.29 is 9.25 Å². The molecule has 2 fully saturated rings. The predicted octanol–water partition coefficient (Wildman–Crippen LogP) is 2.32. The van der Waals surface area contributed by atoms with Gasteiger partial charge in [-0.2, -0.15) is 0 Å². The van der Waals surface area contributed by atoms with Crippen molar-refractivity contribution in [1.29, 1.82) is 0 Å². The Hall–Kier alpha value is -0.800. The minimum atomic E-state index is 0.102. The van der Waals surface area contributed by atoms with E-state index in [9.17, 15) is 0 Å². The Bertz CT molecular complexity index is 367. The lowest BCUT2D eigenvalue weighted by Gasteiger charge is -2.09. The van der Waals surface area contributed by atoms with E-state index in [2.05, 4.69) is 19.1 Å². The summed E-state index contributed by atoms with van der Waals surface area (Å²) in [4.78, 5) is 4.77. The van der Waals surface area contributed by atoms with E-state index in [1.54, 1.807) is 0 Å². The molecule has 2 N–H and O–H groups in total. The summed E-state index contributed by atoms with van der Waals surface area (Å²) in [7, 11) is 0. The Morgan fingerprint density at radius 1 is 1.53 bits per heavy atom. The predicted molar refractivity (Wildman–Crippen MR) is 56.3 cm³/mol. The van der Waals surface area contributed by atoms with Crippen LogP contribution in [0.2, 0.25) is 0 Å². The molecule has 0 bridgehead atoms. The van der Waals surface area contributed by atoms with E-state index in [-0.39, 0.29) is 5.41 Å². The van der Waals surface area contributed by atoms with Crippen molar-refractivity contribution in [2.24, 2.45) is 11.8 Å². The average molecular weight is 207 g/mol. The van der Waals surface area contributed by atoms with Crippen molar-refractivity contribution in [3.8, 4) is 0 Å². The molecule has 3 nitrogen and oxygen atoms in total. The van der Waals surface area contributed by atoms with Gasteiger partial charge in [0.2, 0.25) is 0 Å². The lowest BCUT2D eigenvalue weighted by atomic mass is 10.1. The van der Waals surface area contributed by atoms with Gasteiger partial charge in [-0.1, -0.05) is 6.92 Å². The molecule has 82 valence electrons. The van der Waals surface area contributed by atoms with Gasteiger partial charge in [0.15, 0.2) is 0 Å². The standard InChI is InChI=1S/C12H17NO2/c1-8-6-9(8)10-2-3-11(15-10)12(4-5-12)7-14-13/h2-3,8-9H,4-7,13H2,1H3. The van der Waals surface area contributed by atoms with E-state index in [1.807, 2.05) is 0 Å². The molecule has 15 heavy (non-hydrogen) atoms. The molecule has 2 aliphatic carbocycles. The van der Waals surface area contributed by atoms with E-state index in [0.29, 0.717) is 12.5 Å². The molecule has 3 rings (SSSR count). The number of hydrogen-bond donors (Lipinski definition) is 1. The monoisotopic (exact) mass is 207 g/mol. The number of hydrogen-bond acceptors (Lipinski definition) is 3. The molecule has 2 saturated carbocycles. The molecule has 0 amide bonds. The fourth-order valence-electron chi connectivity index (χ4n) is 2.33. The Labute approximate surface area is 89.5 Å². The van der Waals surface area contributed by atoms with Gasteiger partial charge in [-0.3, -0.25) is 0 Å². The average Bonchev–Trinajstić information content (AvgIpc) is 3.10. The van der Waals surface area contributed by atoms with Crippen LogP contribution in [0.15, 0.2) is 16.5 Å². The maximum absolute atomic E-state index is 5.92. The highest BCUT2D eigenvalue weighted by Crippen LogP contribution is 2.52. The molecule has 1 aromatic heterocycles. The van der Waals surface area contributed by atoms with Crippen LogP contribution in [0.25, 0.3) is 0 Å². The van der Waals surface area contributed by atoms with Gasteiger partial charge in [0.1, 0.15) is 11.5 Å². The number of rotatable bonds is 4. The van der Waals surface area contributed by atoms with Gasteiger partial charge in [-0.05, 0) is 37.3 Å². The molecule has 3 heteroatoms. The van der Waals surface area contributed by atoms with Crippen LogP contribution >= 0.6 is 0 Å². The molecule has 0 spiro atoms. The third-order valence-electron chi connectivity index (χ3n) is 3.84. The Morgan fingerprint density at radius 3 is 2.80 bits per heavy atom. The normalized spacial score (nSPS) is 31.6. The second kappa shape index (κ2) is 3.09. The fraction of sp³-hybridized carbons (Fsp3) is 0.667. The van der Waals surface area contributed by atoms with E-state index < -0.39 is 0 Å². The highest BCUT2D eigenvalue weighted by Gasteiger charge is 2.48. The van der Waals surface area contributed by atoms with Gasteiger partial charge in [-0.25, -0.2) is 5.90 Å². The summed E-state index contributed by atoms with van der Waals surface area (Å²) in [5, 5.41) is 0. The van der Waals surface area contributed by atoms with Gasteiger partial charge in [0.05, 0.1) is 12.0 Å². The van der Waals surface area contributed by atoms with Gasteiger partial charge in [0.25, 0.3) is 0 Å². The van der Waals surface area contributed by atoms with Crippen LogP contribution in [-0.2, 0) is 10.3 Å². The van der Waals surface area contributed by atoms with Gasteiger partial charge < -0.3 is 9.25 Å². The van der Waals surface area contributed by atoms with Crippen molar-refractivity contribution in [3.63, 3.8) is 0 Å². The van der Waals surface area contributed by atoms with E-state index in [4.69, 9.17) is 15.2 Å². The maximum atomic E-state index is 5.92. The number of furan rings is 1. The molecule has 2 aliphatic rings. The third kappa shape index (κ3) is 1.50. The van der Waals surface area contributed by atoms with E-state index in [1.165, 1.54) is 6.42 Å². The quantitative estimate of drug-likeness (QED) is 0.771. The first kappa shape index (κ1) is 9.43. The van der Waals surface area contributed by atoms with Crippen LogP contribution in [0.3, 0.4) is 0 Å². The van der Waals surface area contributed by atoms with Crippen LogP contribution in [0.4, 0.5) is 0 Å². The van der Waals surface area contributed by atoms with Crippen molar-refractivity contribution >= 4 is 0 Å². The van der Waals surface area contributed by atoms with Gasteiger partial charge >= 0.3 is 0 Å². The van der Waals surface area contributed by atoms with Crippen molar-refractivity contribution in [2.45, 2.75) is 37.5 Å². The molecule has 0 radical (unpaired) electrons. The SMILES string of the molecule is CC1CC1c1ccc(C2(CON)CC2)o1. The Morgan fingerprint density at radius 2 is 2.27 bits per heavy atom. The minimum absolute atomic E-state index is 0.102.